The smallest absolute Gasteiger partial charge is 0.179 e. The van der Waals surface area contributed by atoms with Crippen LogP contribution in [0.5, 0.6) is 0 Å². The zero-order valence-corrected chi connectivity index (χ0v) is 9.21. The van der Waals surface area contributed by atoms with Gasteiger partial charge in [-0.15, -0.1) is 0 Å². The Balaban J connectivity index is 2.12. The quantitative estimate of drug-likeness (QED) is 0.801. The number of aromatic nitrogens is 2. The van der Waals surface area contributed by atoms with Crippen molar-refractivity contribution < 1.29 is 8.91 Å². The molecule has 16 heavy (non-hydrogen) atoms. The molecule has 0 atom stereocenters. The summed E-state index contributed by atoms with van der Waals surface area (Å²) in [7, 11) is 0. The molecule has 2 aromatic heterocycles. The Labute approximate surface area is 95.4 Å². The minimum Gasteiger partial charge on any atom is -0.397 e. The van der Waals surface area contributed by atoms with Gasteiger partial charge in [0.05, 0.1) is 11.4 Å². The van der Waals surface area contributed by atoms with Crippen LogP contribution in [0.15, 0.2) is 27.9 Å². The normalized spacial score (nSPS) is 10.4. The van der Waals surface area contributed by atoms with E-state index in [1.165, 1.54) is 12.3 Å². The molecule has 0 aromatic carbocycles. The first-order valence-electron chi connectivity index (χ1n) is 4.42. The van der Waals surface area contributed by atoms with Crippen LogP contribution in [0, 0.1) is 12.7 Å². The van der Waals surface area contributed by atoms with Gasteiger partial charge in [-0.25, -0.2) is 9.37 Å². The van der Waals surface area contributed by atoms with Gasteiger partial charge in [0, 0.05) is 24.1 Å². The van der Waals surface area contributed by atoms with Gasteiger partial charge in [0.25, 0.3) is 0 Å². The molecule has 2 rings (SSSR count). The lowest BCUT2D eigenvalue weighted by Gasteiger charge is -2.05. The van der Waals surface area contributed by atoms with E-state index in [4.69, 9.17) is 5.73 Å². The maximum Gasteiger partial charge on any atom is 0.179 e. The summed E-state index contributed by atoms with van der Waals surface area (Å²) in [6.45, 7) is 1.72. The van der Waals surface area contributed by atoms with E-state index in [1.807, 2.05) is 0 Å². The van der Waals surface area contributed by atoms with E-state index in [0.717, 1.165) is 11.9 Å². The number of anilines is 2. The number of pyridine rings is 1. The average molecular weight is 240 g/mol. The summed E-state index contributed by atoms with van der Waals surface area (Å²) in [4.78, 5) is 4.01. The van der Waals surface area contributed by atoms with Gasteiger partial charge in [0.2, 0.25) is 0 Å². The third-order valence-electron chi connectivity index (χ3n) is 1.86. The van der Waals surface area contributed by atoms with Gasteiger partial charge < -0.3 is 15.0 Å². The van der Waals surface area contributed by atoms with Gasteiger partial charge in [-0.2, -0.15) is 0 Å². The number of rotatable bonds is 3. The lowest BCUT2D eigenvalue weighted by Crippen LogP contribution is -1.99. The van der Waals surface area contributed by atoms with Crippen LogP contribution in [0.4, 0.5) is 15.9 Å². The Hall–Kier alpha value is -1.76. The van der Waals surface area contributed by atoms with Crippen LogP contribution in [0.25, 0.3) is 0 Å². The summed E-state index contributed by atoms with van der Waals surface area (Å²) in [5.74, 6) is 0.0322. The van der Waals surface area contributed by atoms with Crippen LogP contribution in [0.3, 0.4) is 0 Å². The number of nitrogens with two attached hydrogens (primary N) is 1. The zero-order valence-electron chi connectivity index (χ0n) is 8.40. The molecule has 0 saturated carbocycles. The molecule has 0 fully saturated rings. The first kappa shape index (κ1) is 10.7. The molecule has 0 aliphatic carbocycles. The predicted molar refractivity (Wildman–Crippen MR) is 59.3 cm³/mol. The number of nitrogen functional groups attached to an aromatic ring is 1. The second-order valence-electron chi connectivity index (χ2n) is 3.04. The highest BCUT2D eigenvalue weighted by molar-refractivity contribution is 8.00. The fourth-order valence-corrected chi connectivity index (χ4v) is 1.66. The van der Waals surface area contributed by atoms with Crippen LogP contribution in [0.1, 0.15) is 5.69 Å². The molecule has 0 saturated heterocycles. The topological polar surface area (TPSA) is 77.0 Å². The van der Waals surface area contributed by atoms with Crippen LogP contribution in [0.2, 0.25) is 0 Å². The van der Waals surface area contributed by atoms with E-state index in [-0.39, 0.29) is 5.03 Å². The molecular formula is C9H9FN4OS. The molecule has 0 spiro atoms. The monoisotopic (exact) mass is 240 g/mol. The highest BCUT2D eigenvalue weighted by atomic mass is 32.2. The van der Waals surface area contributed by atoms with E-state index in [1.54, 1.807) is 13.0 Å². The molecule has 2 aromatic rings. The van der Waals surface area contributed by atoms with Crippen molar-refractivity contribution in [3.05, 3.63) is 29.9 Å². The van der Waals surface area contributed by atoms with E-state index >= 15 is 0 Å². The Bertz CT molecular complexity index is 489. The van der Waals surface area contributed by atoms with Gasteiger partial charge in [0.15, 0.2) is 16.7 Å². The first-order valence-corrected chi connectivity index (χ1v) is 5.24. The van der Waals surface area contributed by atoms with Crippen LogP contribution in [-0.4, -0.2) is 10.1 Å². The second kappa shape index (κ2) is 4.40. The van der Waals surface area contributed by atoms with Crippen LogP contribution >= 0.6 is 11.9 Å². The minimum absolute atomic E-state index is 0.217. The molecule has 0 radical (unpaired) electrons. The summed E-state index contributed by atoms with van der Waals surface area (Å²) in [5, 5.41) is 3.84. The molecule has 0 bridgehead atoms. The highest BCUT2D eigenvalue weighted by Gasteiger charge is 2.08. The summed E-state index contributed by atoms with van der Waals surface area (Å²) in [5.41, 5.74) is 6.45. The van der Waals surface area contributed by atoms with Crippen molar-refractivity contribution in [2.75, 3.05) is 10.5 Å². The van der Waals surface area contributed by atoms with Gasteiger partial charge in [-0.1, -0.05) is 5.16 Å². The van der Waals surface area contributed by atoms with Crippen LogP contribution < -0.4 is 10.5 Å². The van der Waals surface area contributed by atoms with E-state index in [9.17, 15) is 4.39 Å². The van der Waals surface area contributed by atoms with E-state index < -0.39 is 5.82 Å². The number of nitrogens with zero attached hydrogens (tertiary/aromatic N) is 2. The third kappa shape index (κ3) is 2.25. The highest BCUT2D eigenvalue weighted by Crippen LogP contribution is 2.23. The lowest BCUT2D eigenvalue weighted by molar-refractivity contribution is 0.423. The minimum atomic E-state index is -0.468. The average Bonchev–Trinajstić information content (AvgIpc) is 2.74. The summed E-state index contributed by atoms with van der Waals surface area (Å²) < 4.78 is 20.8. The van der Waals surface area contributed by atoms with Gasteiger partial charge in [-0.3, -0.25) is 0 Å². The number of halogens is 1. The van der Waals surface area contributed by atoms with Gasteiger partial charge in [-0.05, 0) is 6.92 Å². The third-order valence-corrected chi connectivity index (χ3v) is 2.65. The lowest BCUT2D eigenvalue weighted by atomic mass is 10.3. The molecule has 0 aliphatic rings. The maximum absolute atomic E-state index is 13.4. The van der Waals surface area contributed by atoms with E-state index in [0.29, 0.717) is 17.2 Å². The Morgan fingerprint density at radius 1 is 1.56 bits per heavy atom. The molecule has 2 heterocycles. The number of hydrogen-bond donors (Lipinski definition) is 2. The second-order valence-corrected chi connectivity index (χ2v) is 3.83. The van der Waals surface area contributed by atoms with Crippen molar-refractivity contribution in [1.29, 1.82) is 0 Å². The zero-order chi connectivity index (χ0) is 11.5. The number of hydrogen-bond acceptors (Lipinski definition) is 6. The Morgan fingerprint density at radius 2 is 2.38 bits per heavy atom. The van der Waals surface area contributed by atoms with Crippen molar-refractivity contribution in [3.63, 3.8) is 0 Å². The number of nitrogens with one attached hydrogen (secondary N) is 1. The standard InChI is InChI=1S/C9H9FN4OS/c1-5-7(11)4-6(10)9(12-5)16-14-8-2-3-15-13-8/h2-4H,11H2,1H3,(H,13,14). The molecule has 0 amide bonds. The van der Waals surface area contributed by atoms with Crippen molar-refractivity contribution >= 4 is 23.5 Å². The molecule has 7 heteroatoms. The first-order chi connectivity index (χ1) is 7.66. The van der Waals surface area contributed by atoms with Gasteiger partial charge in [0.1, 0.15) is 6.26 Å². The SMILES string of the molecule is Cc1nc(SNc2ccon2)c(F)cc1N. The Morgan fingerprint density at radius 3 is 3.06 bits per heavy atom. The van der Waals surface area contributed by atoms with E-state index in [2.05, 4.69) is 19.4 Å². The summed E-state index contributed by atoms with van der Waals surface area (Å²) in [6, 6.07) is 2.87. The fraction of sp³-hybridized carbons (Fsp3) is 0.111. The molecule has 3 N–H and O–H groups in total. The van der Waals surface area contributed by atoms with Crippen molar-refractivity contribution in [3.8, 4) is 0 Å². The molecular weight excluding hydrogens is 231 g/mol. The molecule has 5 nitrogen and oxygen atoms in total. The molecule has 0 aliphatic heterocycles. The van der Waals surface area contributed by atoms with Crippen LogP contribution in [-0.2, 0) is 0 Å². The number of aryl methyl sites for hydroxylation is 1. The summed E-state index contributed by atoms with van der Waals surface area (Å²) in [6.07, 6.45) is 1.42. The predicted octanol–water partition coefficient (Wildman–Crippen LogP) is 2.22. The summed E-state index contributed by atoms with van der Waals surface area (Å²) >= 11 is 1.01. The van der Waals surface area contributed by atoms with Gasteiger partial charge >= 0.3 is 0 Å². The van der Waals surface area contributed by atoms with Crippen molar-refractivity contribution in [2.24, 2.45) is 0 Å². The van der Waals surface area contributed by atoms with Crippen molar-refractivity contribution in [2.45, 2.75) is 11.9 Å². The Kier molecular flexibility index (Phi) is 2.95. The molecule has 0 unspecified atom stereocenters. The fourth-order valence-electron chi connectivity index (χ4n) is 1.01. The molecule has 84 valence electrons. The van der Waals surface area contributed by atoms with Crippen molar-refractivity contribution in [1.82, 2.24) is 10.1 Å². The maximum atomic E-state index is 13.4. The largest absolute Gasteiger partial charge is 0.397 e.